The summed E-state index contributed by atoms with van der Waals surface area (Å²) >= 11 is 2.91. The minimum Gasteiger partial charge on any atom is -0.487 e. The number of halogens is 6. The van der Waals surface area contributed by atoms with E-state index in [1.807, 2.05) is 0 Å². The lowest BCUT2D eigenvalue weighted by Gasteiger charge is -2.11. The molecule has 1 aromatic heterocycles. The van der Waals surface area contributed by atoms with E-state index in [1.165, 1.54) is 0 Å². The van der Waals surface area contributed by atoms with Gasteiger partial charge in [-0.3, -0.25) is 19.6 Å². The van der Waals surface area contributed by atoms with E-state index in [4.69, 9.17) is 4.74 Å². The number of amides is 1. The molecule has 0 unspecified atom stereocenters. The largest absolute Gasteiger partial charge is 0.487 e. The second-order valence-electron chi connectivity index (χ2n) is 6.70. The Balaban J connectivity index is 1.82. The van der Waals surface area contributed by atoms with Gasteiger partial charge in [0, 0.05) is 18.1 Å². The molecule has 0 atom stereocenters. The number of benzene rings is 1. The van der Waals surface area contributed by atoms with E-state index >= 15 is 0 Å². The van der Waals surface area contributed by atoms with E-state index < -0.39 is 48.0 Å². The third-order valence-corrected chi connectivity index (χ3v) is 5.00. The Kier molecular flexibility index (Phi) is 6.48. The maximum absolute atomic E-state index is 13.2. The van der Waals surface area contributed by atoms with Crippen LogP contribution in [0.4, 0.5) is 33.3 Å². The molecular formula is C17H14BrF5N4O4. The maximum atomic E-state index is 13.2. The van der Waals surface area contributed by atoms with Gasteiger partial charge in [-0.15, -0.1) is 0 Å². The zero-order valence-electron chi connectivity index (χ0n) is 15.5. The molecule has 168 valence electrons. The summed E-state index contributed by atoms with van der Waals surface area (Å²) < 4.78 is 69.6. The van der Waals surface area contributed by atoms with Crippen LogP contribution in [-0.4, -0.2) is 33.6 Å². The molecule has 1 aliphatic rings. The molecule has 1 fully saturated rings. The number of anilines is 1. The van der Waals surface area contributed by atoms with Crippen molar-refractivity contribution in [2.75, 3.05) is 11.9 Å². The van der Waals surface area contributed by atoms with Crippen LogP contribution in [-0.2, 0) is 17.5 Å². The van der Waals surface area contributed by atoms with Crippen molar-refractivity contribution >= 4 is 33.2 Å². The van der Waals surface area contributed by atoms with Crippen molar-refractivity contribution in [3.05, 3.63) is 44.2 Å². The summed E-state index contributed by atoms with van der Waals surface area (Å²) in [6, 6.07) is 2.97. The summed E-state index contributed by atoms with van der Waals surface area (Å²) in [6.07, 6.45) is -6.24. The Morgan fingerprint density at radius 2 is 2.03 bits per heavy atom. The van der Waals surface area contributed by atoms with E-state index in [0.29, 0.717) is 12.8 Å². The van der Waals surface area contributed by atoms with Gasteiger partial charge in [-0.1, -0.05) is 0 Å². The number of hydrogen-bond acceptors (Lipinski definition) is 5. The first-order chi connectivity index (χ1) is 14.5. The fourth-order valence-corrected chi connectivity index (χ4v) is 3.67. The molecule has 0 aliphatic heterocycles. The first kappa shape index (κ1) is 22.9. The van der Waals surface area contributed by atoms with Crippen molar-refractivity contribution in [3.63, 3.8) is 0 Å². The molecule has 0 bridgehead atoms. The Morgan fingerprint density at radius 3 is 2.58 bits per heavy atom. The summed E-state index contributed by atoms with van der Waals surface area (Å²) in [4.78, 5) is 22.6. The third-order valence-electron chi connectivity index (χ3n) is 4.22. The molecule has 1 amide bonds. The van der Waals surface area contributed by atoms with E-state index in [2.05, 4.69) is 26.3 Å². The minimum atomic E-state index is -4.72. The van der Waals surface area contributed by atoms with Gasteiger partial charge < -0.3 is 10.1 Å². The number of ether oxygens (including phenoxy) is 1. The molecule has 1 heterocycles. The van der Waals surface area contributed by atoms with Gasteiger partial charge in [-0.05, 0) is 28.8 Å². The van der Waals surface area contributed by atoms with Gasteiger partial charge in [0.1, 0.15) is 18.9 Å². The van der Waals surface area contributed by atoms with E-state index in [0.717, 1.165) is 22.9 Å². The van der Waals surface area contributed by atoms with Crippen LogP contribution in [0.3, 0.4) is 0 Å². The summed E-state index contributed by atoms with van der Waals surface area (Å²) in [5, 5.41) is 16.8. The van der Waals surface area contributed by atoms with Gasteiger partial charge in [0.15, 0.2) is 5.69 Å². The molecule has 2 aromatic rings. The maximum Gasteiger partial charge on any atom is 0.436 e. The quantitative estimate of drug-likeness (QED) is 0.313. The normalized spacial score (nSPS) is 14.0. The van der Waals surface area contributed by atoms with Gasteiger partial charge in [0.05, 0.1) is 26.8 Å². The summed E-state index contributed by atoms with van der Waals surface area (Å²) in [5.41, 5.74) is -1.58. The number of non-ortho nitro benzene ring substituents is 1. The van der Waals surface area contributed by atoms with Gasteiger partial charge in [-0.2, -0.15) is 18.3 Å². The molecule has 8 nitrogen and oxygen atoms in total. The average Bonchev–Trinajstić information content (AvgIpc) is 3.42. The standard InChI is InChI=1S/C17H14BrF5N4O4/c18-14-15(8-1-2-8)26(25-16(14)17(21,22)23)6-13(28)24-9-3-10(27(29)30)5-11(4-9)31-7-12(19)20/h3-5,8,12H,1-2,6-7H2,(H,24,28). The molecule has 0 saturated heterocycles. The van der Waals surface area contributed by atoms with Gasteiger partial charge in [0.2, 0.25) is 5.91 Å². The highest BCUT2D eigenvalue weighted by molar-refractivity contribution is 9.10. The molecule has 14 heteroatoms. The third kappa shape index (κ3) is 5.68. The Morgan fingerprint density at radius 1 is 1.35 bits per heavy atom. The van der Waals surface area contributed by atoms with Crippen LogP contribution in [0.15, 0.2) is 22.7 Å². The van der Waals surface area contributed by atoms with Crippen molar-refractivity contribution in [2.45, 2.75) is 37.9 Å². The number of nitrogens with one attached hydrogen (secondary N) is 1. The number of carbonyl (C=O) groups is 1. The molecule has 1 aromatic carbocycles. The van der Waals surface area contributed by atoms with Gasteiger partial charge in [0.25, 0.3) is 12.1 Å². The summed E-state index contributed by atoms with van der Waals surface area (Å²) in [5.74, 6) is -1.26. The number of nitrogens with zero attached hydrogens (tertiary/aromatic N) is 3. The Hall–Kier alpha value is -2.77. The van der Waals surface area contributed by atoms with Crippen molar-refractivity contribution < 1.29 is 36.4 Å². The van der Waals surface area contributed by atoms with Crippen LogP contribution >= 0.6 is 15.9 Å². The zero-order chi connectivity index (χ0) is 22.9. The minimum absolute atomic E-state index is 0.140. The summed E-state index contributed by atoms with van der Waals surface area (Å²) in [7, 11) is 0. The second-order valence-corrected chi connectivity index (χ2v) is 7.49. The molecule has 31 heavy (non-hydrogen) atoms. The lowest BCUT2D eigenvalue weighted by atomic mass is 10.2. The Bertz CT molecular complexity index is 1010. The van der Waals surface area contributed by atoms with Crippen LogP contribution in [0.25, 0.3) is 0 Å². The van der Waals surface area contributed by atoms with Crippen molar-refractivity contribution in [1.82, 2.24) is 9.78 Å². The van der Waals surface area contributed by atoms with E-state index in [9.17, 15) is 36.9 Å². The zero-order valence-corrected chi connectivity index (χ0v) is 17.0. The second kappa shape index (κ2) is 8.77. The average molecular weight is 513 g/mol. The first-order valence-corrected chi connectivity index (χ1v) is 9.58. The monoisotopic (exact) mass is 512 g/mol. The number of carbonyl (C=O) groups excluding carboxylic acids is 1. The highest BCUT2D eigenvalue weighted by Crippen LogP contribution is 2.47. The smallest absolute Gasteiger partial charge is 0.436 e. The molecule has 0 radical (unpaired) electrons. The molecule has 1 N–H and O–H groups in total. The van der Waals surface area contributed by atoms with Crippen LogP contribution in [0.2, 0.25) is 0 Å². The predicted octanol–water partition coefficient (Wildman–Crippen LogP) is 4.73. The predicted molar refractivity (Wildman–Crippen MR) is 100 cm³/mol. The van der Waals surface area contributed by atoms with Crippen molar-refractivity contribution in [2.24, 2.45) is 0 Å². The van der Waals surface area contributed by atoms with E-state index in [1.54, 1.807) is 0 Å². The fourth-order valence-electron chi connectivity index (χ4n) is 2.84. The number of nitro benzene ring substituents is 1. The summed E-state index contributed by atoms with van der Waals surface area (Å²) in [6.45, 7) is -1.60. The van der Waals surface area contributed by atoms with Gasteiger partial charge >= 0.3 is 6.18 Å². The first-order valence-electron chi connectivity index (χ1n) is 8.79. The van der Waals surface area contributed by atoms with Crippen molar-refractivity contribution in [1.29, 1.82) is 0 Å². The van der Waals surface area contributed by atoms with E-state index in [-0.39, 0.29) is 27.5 Å². The SMILES string of the molecule is O=C(Cn1nc(C(F)(F)F)c(Br)c1C1CC1)Nc1cc(OCC(F)F)cc([N+](=O)[O-])c1. The Labute approximate surface area is 179 Å². The van der Waals surface area contributed by atoms with Crippen LogP contribution in [0, 0.1) is 10.1 Å². The van der Waals surface area contributed by atoms with Gasteiger partial charge in [-0.25, -0.2) is 8.78 Å². The van der Waals surface area contributed by atoms with Crippen molar-refractivity contribution in [3.8, 4) is 5.75 Å². The number of aromatic nitrogens is 2. The molecular weight excluding hydrogens is 499 g/mol. The lowest BCUT2D eigenvalue weighted by Crippen LogP contribution is -2.21. The highest BCUT2D eigenvalue weighted by Gasteiger charge is 2.42. The van der Waals surface area contributed by atoms with Crippen LogP contribution in [0.5, 0.6) is 5.75 Å². The highest BCUT2D eigenvalue weighted by atomic mass is 79.9. The number of hydrogen-bond donors (Lipinski definition) is 1. The molecule has 1 aliphatic carbocycles. The molecule has 0 spiro atoms. The molecule has 3 rings (SSSR count). The number of alkyl halides is 5. The number of nitro groups is 1. The molecule has 1 saturated carbocycles. The van der Waals surface area contributed by atoms with Crippen LogP contribution < -0.4 is 10.1 Å². The topological polar surface area (TPSA) is 99.3 Å². The lowest BCUT2D eigenvalue weighted by molar-refractivity contribution is -0.384. The van der Waals surface area contributed by atoms with Crippen LogP contribution in [0.1, 0.15) is 30.1 Å². The fraction of sp³-hybridized carbons (Fsp3) is 0.412. The number of rotatable bonds is 8.